The van der Waals surface area contributed by atoms with Crippen molar-refractivity contribution < 1.29 is 87.9 Å². The van der Waals surface area contributed by atoms with E-state index >= 15 is 0 Å². The first kappa shape index (κ1) is 62.5. The summed E-state index contributed by atoms with van der Waals surface area (Å²) in [6.07, 6.45) is 10.1. The molecule has 68 heavy (non-hydrogen) atoms. The lowest BCUT2D eigenvalue weighted by molar-refractivity contribution is -0.338. The van der Waals surface area contributed by atoms with E-state index in [4.69, 9.17) is 28.0 Å². The summed E-state index contributed by atoms with van der Waals surface area (Å²) in [5.41, 5.74) is 0. The normalized spacial score (nSPS) is 27.8. The number of allylic oxidation sites excluding steroid dienone is 2. The summed E-state index contributed by atoms with van der Waals surface area (Å²) in [4.78, 5) is 36.5. The summed E-state index contributed by atoms with van der Waals surface area (Å²) in [6.45, 7) is 2.22. The first-order chi connectivity index (χ1) is 32.7. The Balaban J connectivity index is 1.94. The third-order valence-electron chi connectivity index (χ3n) is 12.7. The lowest BCUT2D eigenvalue weighted by Gasteiger charge is -2.47. The first-order valence-corrected chi connectivity index (χ1v) is 27.5. The summed E-state index contributed by atoms with van der Waals surface area (Å²) in [5, 5.41) is 82.9. The van der Waals surface area contributed by atoms with Gasteiger partial charge in [-0.05, 0) is 38.5 Å². The number of phosphoric ester groups is 1. The molecule has 1 saturated carbocycles. The molecule has 13 unspecified atom stereocenters. The molecule has 13 atom stereocenters. The quantitative estimate of drug-likeness (QED) is 0.0145. The number of hydrogen-bond acceptors (Lipinski definition) is 17. The van der Waals surface area contributed by atoms with Gasteiger partial charge in [-0.3, -0.25) is 18.6 Å². The topological polar surface area (TPSA) is 289 Å². The Hall–Kier alpha value is -1.61. The van der Waals surface area contributed by atoms with Crippen LogP contribution in [0.2, 0.25) is 0 Å². The van der Waals surface area contributed by atoms with Crippen LogP contribution in [0.5, 0.6) is 0 Å². The van der Waals surface area contributed by atoms with Crippen LogP contribution in [0.3, 0.4) is 0 Å². The highest BCUT2D eigenvalue weighted by Gasteiger charge is 2.55. The van der Waals surface area contributed by atoms with Crippen LogP contribution >= 0.6 is 7.82 Å². The second-order valence-electron chi connectivity index (χ2n) is 18.7. The van der Waals surface area contributed by atoms with Gasteiger partial charge in [0.15, 0.2) is 12.4 Å². The summed E-state index contributed by atoms with van der Waals surface area (Å²) in [6, 6.07) is 0. The molecule has 1 heterocycles. The van der Waals surface area contributed by atoms with Gasteiger partial charge >= 0.3 is 19.8 Å². The van der Waals surface area contributed by atoms with Gasteiger partial charge in [-0.25, -0.2) is 4.57 Å². The predicted molar refractivity (Wildman–Crippen MR) is 254 cm³/mol. The van der Waals surface area contributed by atoms with Crippen LogP contribution in [0.25, 0.3) is 0 Å². The van der Waals surface area contributed by atoms with Crippen molar-refractivity contribution in [1.29, 1.82) is 0 Å². The Morgan fingerprint density at radius 2 is 0.971 bits per heavy atom. The molecule has 19 heteroatoms. The van der Waals surface area contributed by atoms with Crippen LogP contribution in [0, 0.1) is 0 Å². The minimum Gasteiger partial charge on any atom is -0.462 e. The number of rotatable bonds is 40. The fourth-order valence-electron chi connectivity index (χ4n) is 8.40. The second kappa shape index (κ2) is 37.2. The second-order valence-corrected chi connectivity index (χ2v) is 20.1. The molecular formula is C49H91O18P. The van der Waals surface area contributed by atoms with E-state index < -0.39 is 113 Å². The summed E-state index contributed by atoms with van der Waals surface area (Å²) < 4.78 is 45.4. The Kier molecular flexibility index (Phi) is 34.2. The van der Waals surface area contributed by atoms with Crippen LogP contribution in [-0.4, -0.2) is 151 Å². The molecule has 18 nitrogen and oxygen atoms in total. The average Bonchev–Trinajstić information content (AvgIpc) is 3.32. The van der Waals surface area contributed by atoms with Gasteiger partial charge in [-0.2, -0.15) is 0 Å². The van der Waals surface area contributed by atoms with Crippen molar-refractivity contribution in [3.8, 4) is 0 Å². The monoisotopic (exact) mass is 999 g/mol. The van der Waals surface area contributed by atoms with E-state index in [2.05, 4.69) is 26.0 Å². The molecule has 9 N–H and O–H groups in total. The zero-order valence-electron chi connectivity index (χ0n) is 41.1. The van der Waals surface area contributed by atoms with Crippen LogP contribution < -0.4 is 0 Å². The highest BCUT2D eigenvalue weighted by molar-refractivity contribution is 7.47. The number of carbonyl (C=O) groups excluding carboxylic acids is 2. The highest BCUT2D eigenvalue weighted by Crippen LogP contribution is 2.48. The summed E-state index contributed by atoms with van der Waals surface area (Å²) >= 11 is 0. The van der Waals surface area contributed by atoms with Gasteiger partial charge in [-0.1, -0.05) is 154 Å². The molecule has 0 aromatic rings. The molecule has 0 spiro atoms. The fraction of sp³-hybridized carbons (Fsp3) is 0.918. The third kappa shape index (κ3) is 25.7. The number of aliphatic hydroxyl groups is 8. The smallest absolute Gasteiger partial charge is 0.462 e. The summed E-state index contributed by atoms with van der Waals surface area (Å²) in [7, 11) is -5.37. The maximum Gasteiger partial charge on any atom is 0.472 e. The van der Waals surface area contributed by atoms with Crippen molar-refractivity contribution >= 4 is 19.8 Å². The lowest BCUT2D eigenvalue weighted by atomic mass is 9.84. The molecule has 2 rings (SSSR count). The first-order valence-electron chi connectivity index (χ1n) is 26.0. The molecule has 2 aliphatic rings. The van der Waals surface area contributed by atoms with Crippen LogP contribution in [-0.2, 0) is 42.1 Å². The predicted octanol–water partition coefficient (Wildman–Crippen LogP) is 6.10. The van der Waals surface area contributed by atoms with Crippen molar-refractivity contribution in [1.82, 2.24) is 0 Å². The number of unbranched alkanes of at least 4 members (excludes halogenated alkanes) is 23. The van der Waals surface area contributed by atoms with Crippen LogP contribution in [0.15, 0.2) is 12.2 Å². The number of hydrogen-bond donors (Lipinski definition) is 9. The molecule has 1 aliphatic carbocycles. The number of ether oxygens (including phenoxy) is 4. The summed E-state index contributed by atoms with van der Waals surface area (Å²) in [5.74, 6) is -1.23. The minimum atomic E-state index is -5.37. The molecule has 1 saturated heterocycles. The van der Waals surface area contributed by atoms with Crippen molar-refractivity contribution in [2.75, 3.05) is 19.8 Å². The molecule has 1 aliphatic heterocycles. The molecule has 0 bridgehead atoms. The molecule has 0 radical (unpaired) electrons. The Morgan fingerprint density at radius 1 is 0.544 bits per heavy atom. The largest absolute Gasteiger partial charge is 0.472 e. The number of phosphoric acid groups is 1. The van der Waals surface area contributed by atoms with E-state index in [1.165, 1.54) is 103 Å². The molecular weight excluding hydrogens is 907 g/mol. The van der Waals surface area contributed by atoms with Crippen molar-refractivity contribution in [2.45, 2.75) is 267 Å². The van der Waals surface area contributed by atoms with Gasteiger partial charge in [0.2, 0.25) is 0 Å². The Labute approximate surface area is 405 Å². The molecule has 0 amide bonds. The van der Waals surface area contributed by atoms with Crippen LogP contribution in [0.1, 0.15) is 194 Å². The number of aliphatic hydroxyl groups excluding tert-OH is 8. The minimum absolute atomic E-state index is 0.0155. The van der Waals surface area contributed by atoms with Gasteiger partial charge in [-0.15, -0.1) is 0 Å². The van der Waals surface area contributed by atoms with Gasteiger partial charge < -0.3 is 64.7 Å². The molecule has 2 fully saturated rings. The van der Waals surface area contributed by atoms with E-state index in [0.717, 1.165) is 51.4 Å². The molecule has 400 valence electrons. The van der Waals surface area contributed by atoms with Gasteiger partial charge in [0.05, 0.1) is 13.2 Å². The molecule has 0 aromatic carbocycles. The van der Waals surface area contributed by atoms with E-state index in [1.54, 1.807) is 0 Å². The average molecular weight is 999 g/mol. The maximum atomic E-state index is 13.4. The fourth-order valence-corrected chi connectivity index (χ4v) is 9.37. The lowest BCUT2D eigenvalue weighted by Crippen LogP contribution is -2.67. The highest BCUT2D eigenvalue weighted by atomic mass is 31.2. The molecule has 0 aromatic heterocycles. The third-order valence-corrected chi connectivity index (χ3v) is 13.7. The van der Waals surface area contributed by atoms with Gasteiger partial charge in [0.1, 0.15) is 67.6 Å². The van der Waals surface area contributed by atoms with Gasteiger partial charge in [0.25, 0.3) is 0 Å². The Morgan fingerprint density at radius 3 is 1.47 bits per heavy atom. The zero-order valence-corrected chi connectivity index (χ0v) is 42.0. The van der Waals surface area contributed by atoms with Crippen LogP contribution in [0.4, 0.5) is 0 Å². The van der Waals surface area contributed by atoms with E-state index in [0.29, 0.717) is 12.8 Å². The zero-order chi connectivity index (χ0) is 50.2. The van der Waals surface area contributed by atoms with Gasteiger partial charge in [0, 0.05) is 12.8 Å². The Bertz CT molecular complexity index is 1370. The SMILES string of the molecule is CCCCCCCCC=CCCCCCC(=O)OC(COC(=O)CCCCCCCCCCCCCCCCC)COP(=O)(O)OC1C(O)C(O)C(O)C(O)C1OC1OC(CO)C(O)C(O)C1O. The van der Waals surface area contributed by atoms with Crippen molar-refractivity contribution in [3.63, 3.8) is 0 Å². The maximum absolute atomic E-state index is 13.4. The van der Waals surface area contributed by atoms with E-state index in [1.807, 2.05) is 0 Å². The number of carbonyl (C=O) groups is 2. The van der Waals surface area contributed by atoms with E-state index in [-0.39, 0.29) is 12.8 Å². The standard InChI is InChI=1S/C49H91O18P/c1-3-5-7-9-11-13-15-17-18-20-21-23-25-27-29-31-38(51)62-34-36(64-39(52)32-30-28-26-24-22-19-16-14-12-10-8-6-4-2)35-63-68(60,61)67-48-45(58)43(56)42(55)44(57)47(48)66-49-46(59)41(54)40(53)37(33-50)65-49/h19,22,36-37,40-50,53-59H,3-18,20-21,23-35H2,1-2H3,(H,60,61). The van der Waals surface area contributed by atoms with Crippen molar-refractivity contribution in [3.05, 3.63) is 12.2 Å². The number of esters is 2. The van der Waals surface area contributed by atoms with E-state index in [9.17, 15) is 59.9 Å². The van der Waals surface area contributed by atoms with Crippen molar-refractivity contribution in [2.24, 2.45) is 0 Å².